The largest absolute Gasteiger partial charge is 0.322 e. The van der Waals surface area contributed by atoms with Gasteiger partial charge in [0.25, 0.3) is 5.90 Å². The van der Waals surface area contributed by atoms with Gasteiger partial charge in [0, 0.05) is 0 Å². The Kier molecular flexibility index (Phi) is 1.53. The SMILES string of the molecule is N=C([O])CN. The zero-order valence-corrected chi connectivity index (χ0v) is 2.69. The van der Waals surface area contributed by atoms with Gasteiger partial charge in [0.2, 0.25) is 0 Å². The van der Waals surface area contributed by atoms with Crippen molar-refractivity contribution < 1.29 is 5.11 Å². The summed E-state index contributed by atoms with van der Waals surface area (Å²) >= 11 is 0. The lowest BCUT2D eigenvalue weighted by Crippen LogP contribution is -2.08. The summed E-state index contributed by atoms with van der Waals surface area (Å²) in [5.41, 5.74) is 4.63. The summed E-state index contributed by atoms with van der Waals surface area (Å²) in [6.45, 7) is -0.167. The van der Waals surface area contributed by atoms with Gasteiger partial charge in [0.15, 0.2) is 0 Å². The van der Waals surface area contributed by atoms with Crippen LogP contribution in [-0.2, 0) is 5.11 Å². The molecular formula is C2H5N2O. The fourth-order valence-corrected chi connectivity index (χ4v) is 0. The van der Waals surface area contributed by atoms with Crippen molar-refractivity contribution in [3.05, 3.63) is 0 Å². The zero-order valence-electron chi connectivity index (χ0n) is 2.69. The Balaban J connectivity index is 2.85. The Morgan fingerprint density at radius 2 is 2.20 bits per heavy atom. The molecule has 0 aliphatic heterocycles. The van der Waals surface area contributed by atoms with E-state index in [4.69, 9.17) is 5.41 Å². The van der Waals surface area contributed by atoms with E-state index in [1.807, 2.05) is 0 Å². The third kappa shape index (κ3) is 3.43. The summed E-state index contributed by atoms with van der Waals surface area (Å²) in [5.74, 6) is -0.718. The van der Waals surface area contributed by atoms with Crippen LogP contribution in [0.4, 0.5) is 0 Å². The molecule has 0 aromatic rings. The minimum Gasteiger partial charge on any atom is -0.322 e. The van der Waals surface area contributed by atoms with Crippen LogP contribution in [-0.4, -0.2) is 12.4 Å². The molecule has 0 unspecified atom stereocenters. The maximum Gasteiger partial charge on any atom is 0.252 e. The molecule has 0 aromatic carbocycles. The maximum atomic E-state index is 9.35. The Bertz CT molecular complexity index is 42.9. The summed E-state index contributed by atoms with van der Waals surface area (Å²) in [6, 6.07) is 0. The highest BCUT2D eigenvalue weighted by Crippen LogP contribution is 1.48. The van der Waals surface area contributed by atoms with E-state index < -0.39 is 5.90 Å². The van der Waals surface area contributed by atoms with Crippen LogP contribution in [0.2, 0.25) is 0 Å². The monoisotopic (exact) mass is 73.0 g/mol. The number of nitrogens with one attached hydrogen (secondary N) is 1. The van der Waals surface area contributed by atoms with Crippen LogP contribution in [0, 0.1) is 5.41 Å². The molecule has 1 radical (unpaired) electrons. The van der Waals surface area contributed by atoms with Crippen LogP contribution in [0.5, 0.6) is 0 Å². The average Bonchev–Trinajstić information content (AvgIpc) is 1.38. The highest BCUT2D eigenvalue weighted by atomic mass is 16.3. The van der Waals surface area contributed by atoms with Gasteiger partial charge in [-0.25, -0.2) is 0 Å². The molecule has 0 aromatic heterocycles. The number of hydrogen-bond acceptors (Lipinski definition) is 2. The first-order chi connectivity index (χ1) is 2.27. The molecule has 0 fully saturated rings. The number of rotatable bonds is 1. The number of nitrogens with two attached hydrogens (primary N) is 1. The van der Waals surface area contributed by atoms with Crippen molar-refractivity contribution in [1.82, 2.24) is 0 Å². The Morgan fingerprint density at radius 1 is 2.00 bits per heavy atom. The van der Waals surface area contributed by atoms with E-state index in [0.717, 1.165) is 0 Å². The van der Waals surface area contributed by atoms with Crippen molar-refractivity contribution in [2.24, 2.45) is 5.73 Å². The van der Waals surface area contributed by atoms with Gasteiger partial charge in [-0.05, 0) is 0 Å². The standard InChI is InChI=1S/C2H5N2O/c3-1-2(4)5/h4H,1,3H2. The molecule has 0 bridgehead atoms. The lowest BCUT2D eigenvalue weighted by molar-refractivity contribution is 0.414. The predicted octanol–water partition coefficient (Wildman–Crippen LogP) is -0.647. The lowest BCUT2D eigenvalue weighted by atomic mass is 10.7. The third-order valence-electron chi connectivity index (χ3n) is 0.185. The zero-order chi connectivity index (χ0) is 4.28. The van der Waals surface area contributed by atoms with E-state index >= 15 is 0 Å². The fraction of sp³-hybridized carbons (Fsp3) is 0.500. The molecule has 0 heterocycles. The second-order valence-electron chi connectivity index (χ2n) is 0.627. The summed E-state index contributed by atoms with van der Waals surface area (Å²) < 4.78 is 0. The molecule has 3 heteroatoms. The molecule has 0 atom stereocenters. The molecule has 0 aliphatic carbocycles. The molecule has 0 saturated carbocycles. The van der Waals surface area contributed by atoms with Gasteiger partial charge in [0.05, 0.1) is 6.54 Å². The second-order valence-corrected chi connectivity index (χ2v) is 0.627. The van der Waals surface area contributed by atoms with E-state index in [0.29, 0.717) is 0 Å². The summed E-state index contributed by atoms with van der Waals surface area (Å²) in [7, 11) is 0. The normalized spacial score (nSPS) is 7.40. The highest BCUT2D eigenvalue weighted by Gasteiger charge is 1.79. The van der Waals surface area contributed by atoms with Crippen LogP contribution < -0.4 is 5.73 Å². The van der Waals surface area contributed by atoms with Crippen molar-refractivity contribution in [3.63, 3.8) is 0 Å². The predicted molar refractivity (Wildman–Crippen MR) is 17.5 cm³/mol. The Morgan fingerprint density at radius 3 is 2.20 bits per heavy atom. The van der Waals surface area contributed by atoms with E-state index in [1.54, 1.807) is 0 Å². The molecule has 0 spiro atoms. The highest BCUT2D eigenvalue weighted by molar-refractivity contribution is 5.71. The van der Waals surface area contributed by atoms with Gasteiger partial charge >= 0.3 is 0 Å². The first-order valence-corrected chi connectivity index (χ1v) is 1.22. The molecule has 3 N–H and O–H groups in total. The van der Waals surface area contributed by atoms with Gasteiger partial charge < -0.3 is 5.73 Å². The third-order valence-corrected chi connectivity index (χ3v) is 0.185. The van der Waals surface area contributed by atoms with Crippen LogP contribution >= 0.6 is 0 Å². The minimum atomic E-state index is -0.718. The van der Waals surface area contributed by atoms with Gasteiger partial charge in [-0.15, -0.1) is 0 Å². The molecule has 5 heavy (non-hydrogen) atoms. The van der Waals surface area contributed by atoms with Crippen molar-refractivity contribution in [3.8, 4) is 0 Å². The molecule has 3 nitrogen and oxygen atoms in total. The second kappa shape index (κ2) is 1.72. The van der Waals surface area contributed by atoms with E-state index in [2.05, 4.69) is 5.73 Å². The van der Waals surface area contributed by atoms with E-state index in [-0.39, 0.29) is 6.54 Å². The van der Waals surface area contributed by atoms with Gasteiger partial charge in [-0.2, -0.15) is 0 Å². The fourth-order valence-electron chi connectivity index (χ4n) is 0. The Hall–Kier alpha value is -0.570. The number of hydrogen-bond donors (Lipinski definition) is 2. The van der Waals surface area contributed by atoms with Gasteiger partial charge in [0.1, 0.15) is 0 Å². The minimum absolute atomic E-state index is 0.167. The Labute approximate surface area is 29.9 Å². The molecule has 0 aliphatic rings. The maximum absolute atomic E-state index is 9.35. The smallest absolute Gasteiger partial charge is 0.252 e. The van der Waals surface area contributed by atoms with Crippen molar-refractivity contribution in [1.29, 1.82) is 5.41 Å². The first kappa shape index (κ1) is 4.43. The lowest BCUT2D eigenvalue weighted by Gasteiger charge is -1.72. The van der Waals surface area contributed by atoms with Gasteiger partial charge in [-0.3, -0.25) is 10.5 Å². The van der Waals surface area contributed by atoms with Crippen LogP contribution in [0.3, 0.4) is 0 Å². The summed E-state index contributed by atoms with van der Waals surface area (Å²) in [6.07, 6.45) is 0. The molecule has 29 valence electrons. The van der Waals surface area contributed by atoms with Crippen molar-refractivity contribution >= 4 is 5.90 Å². The van der Waals surface area contributed by atoms with E-state index in [9.17, 15) is 5.11 Å². The average molecular weight is 73.1 g/mol. The summed E-state index contributed by atoms with van der Waals surface area (Å²) in [5, 5.41) is 15.4. The first-order valence-electron chi connectivity index (χ1n) is 1.22. The summed E-state index contributed by atoms with van der Waals surface area (Å²) in [4.78, 5) is 0. The van der Waals surface area contributed by atoms with Crippen molar-refractivity contribution in [2.75, 3.05) is 6.54 Å². The quantitative estimate of drug-likeness (QED) is 0.314. The molecule has 0 rings (SSSR count). The van der Waals surface area contributed by atoms with Crippen LogP contribution in [0.25, 0.3) is 0 Å². The van der Waals surface area contributed by atoms with Gasteiger partial charge in [-0.1, -0.05) is 0 Å². The molecular weight excluding hydrogens is 68.0 g/mol. The van der Waals surface area contributed by atoms with Crippen LogP contribution in [0.1, 0.15) is 0 Å². The van der Waals surface area contributed by atoms with Crippen LogP contribution in [0.15, 0.2) is 0 Å². The molecule has 0 saturated heterocycles. The van der Waals surface area contributed by atoms with E-state index in [1.165, 1.54) is 0 Å². The topological polar surface area (TPSA) is 69.8 Å². The van der Waals surface area contributed by atoms with Crippen molar-refractivity contribution in [2.45, 2.75) is 0 Å². The molecule has 0 amide bonds.